The summed E-state index contributed by atoms with van der Waals surface area (Å²) in [6.07, 6.45) is -1.95. The normalized spacial score (nSPS) is 14.7. The van der Waals surface area contributed by atoms with Crippen molar-refractivity contribution in [1.29, 1.82) is 0 Å². The van der Waals surface area contributed by atoms with E-state index in [0.717, 1.165) is 0 Å². The summed E-state index contributed by atoms with van der Waals surface area (Å²) >= 11 is 3.29. The highest BCUT2D eigenvalue weighted by molar-refractivity contribution is 9.10. The molecule has 1 aromatic carbocycles. The minimum Gasteiger partial charge on any atom is -0.497 e. The number of nitrogens with two attached hydrogens (primary N) is 1. The van der Waals surface area contributed by atoms with Gasteiger partial charge in [-0.15, -0.1) is 0 Å². The number of hydrogen-bond donors (Lipinski definition) is 3. The van der Waals surface area contributed by atoms with Crippen LogP contribution in [0.5, 0.6) is 5.75 Å². The molecule has 0 aliphatic heterocycles. The molecule has 84 valence electrons. The fourth-order valence-corrected chi connectivity index (χ4v) is 1.80. The molecule has 0 bridgehead atoms. The van der Waals surface area contributed by atoms with Gasteiger partial charge in [0, 0.05) is 11.0 Å². The summed E-state index contributed by atoms with van der Waals surface area (Å²) in [5, 5.41) is 19.1. The molecule has 1 aromatic rings. The Balaban J connectivity index is 2.95. The first kappa shape index (κ1) is 12.4. The molecule has 0 saturated heterocycles. The van der Waals surface area contributed by atoms with Gasteiger partial charge in [-0.3, -0.25) is 0 Å². The van der Waals surface area contributed by atoms with Gasteiger partial charge >= 0.3 is 0 Å². The van der Waals surface area contributed by atoms with Crippen molar-refractivity contribution in [2.24, 2.45) is 5.73 Å². The first-order chi connectivity index (χ1) is 7.10. The van der Waals surface area contributed by atoms with Crippen LogP contribution in [-0.4, -0.2) is 30.0 Å². The monoisotopic (exact) mass is 275 g/mol. The maximum atomic E-state index is 9.73. The molecule has 0 fully saturated rings. The lowest BCUT2D eigenvalue weighted by molar-refractivity contribution is 0.0239. The number of rotatable bonds is 4. The molecule has 0 aromatic heterocycles. The Morgan fingerprint density at radius 1 is 1.47 bits per heavy atom. The zero-order valence-electron chi connectivity index (χ0n) is 8.35. The van der Waals surface area contributed by atoms with Gasteiger partial charge in [-0.1, -0.05) is 22.0 Å². The third kappa shape index (κ3) is 2.92. The van der Waals surface area contributed by atoms with E-state index in [9.17, 15) is 10.2 Å². The molecule has 0 amide bonds. The van der Waals surface area contributed by atoms with E-state index in [-0.39, 0.29) is 6.54 Å². The number of methoxy groups -OCH3 is 1. The molecule has 1 rings (SSSR count). The molecule has 0 aliphatic carbocycles. The van der Waals surface area contributed by atoms with Gasteiger partial charge in [0.15, 0.2) is 0 Å². The Hall–Kier alpha value is -0.620. The Bertz CT molecular complexity index is 332. The summed E-state index contributed by atoms with van der Waals surface area (Å²) < 4.78 is 5.70. The molecule has 0 heterocycles. The van der Waals surface area contributed by atoms with Crippen LogP contribution >= 0.6 is 15.9 Å². The van der Waals surface area contributed by atoms with E-state index in [0.29, 0.717) is 15.8 Å². The van der Waals surface area contributed by atoms with Crippen LogP contribution < -0.4 is 10.5 Å². The molecule has 0 radical (unpaired) electrons. The summed E-state index contributed by atoms with van der Waals surface area (Å²) in [6.45, 7) is 0.0135. The van der Waals surface area contributed by atoms with Crippen LogP contribution in [-0.2, 0) is 0 Å². The Morgan fingerprint density at radius 3 is 2.60 bits per heavy atom. The van der Waals surface area contributed by atoms with Gasteiger partial charge in [0.25, 0.3) is 0 Å². The lowest BCUT2D eigenvalue weighted by Crippen LogP contribution is -2.27. The van der Waals surface area contributed by atoms with Crippen LogP contribution in [0, 0.1) is 0 Å². The molecule has 0 saturated carbocycles. The Kier molecular flexibility index (Phi) is 4.53. The van der Waals surface area contributed by atoms with E-state index in [1.165, 1.54) is 0 Å². The molecule has 4 N–H and O–H groups in total. The van der Waals surface area contributed by atoms with Crippen molar-refractivity contribution in [3.63, 3.8) is 0 Å². The number of benzene rings is 1. The van der Waals surface area contributed by atoms with Gasteiger partial charge in [-0.05, 0) is 17.7 Å². The molecule has 2 atom stereocenters. The second-order valence-corrected chi connectivity index (χ2v) is 3.99. The summed E-state index contributed by atoms with van der Waals surface area (Å²) in [4.78, 5) is 0. The minimum atomic E-state index is -0.990. The van der Waals surface area contributed by atoms with Crippen molar-refractivity contribution in [2.75, 3.05) is 13.7 Å². The average Bonchev–Trinajstić information content (AvgIpc) is 2.26. The SMILES string of the molecule is COc1ccc(C(O)C(O)CN)c(Br)c1. The number of aliphatic hydroxyl groups is 2. The molecule has 15 heavy (non-hydrogen) atoms. The second kappa shape index (κ2) is 5.46. The first-order valence-electron chi connectivity index (χ1n) is 4.49. The highest BCUT2D eigenvalue weighted by Gasteiger charge is 2.19. The van der Waals surface area contributed by atoms with Gasteiger partial charge in [0.2, 0.25) is 0 Å². The lowest BCUT2D eigenvalue weighted by atomic mass is 10.0. The molecular weight excluding hydrogens is 262 g/mol. The van der Waals surface area contributed by atoms with Crippen molar-refractivity contribution in [3.8, 4) is 5.75 Å². The zero-order chi connectivity index (χ0) is 11.4. The topological polar surface area (TPSA) is 75.7 Å². The van der Waals surface area contributed by atoms with Crippen LogP contribution in [0.4, 0.5) is 0 Å². The zero-order valence-corrected chi connectivity index (χ0v) is 9.94. The molecule has 0 aliphatic rings. The van der Waals surface area contributed by atoms with Gasteiger partial charge in [0.1, 0.15) is 11.9 Å². The van der Waals surface area contributed by atoms with Gasteiger partial charge in [0.05, 0.1) is 13.2 Å². The summed E-state index contributed by atoms with van der Waals surface area (Å²) in [7, 11) is 1.56. The van der Waals surface area contributed by atoms with Gasteiger partial charge < -0.3 is 20.7 Å². The predicted molar refractivity (Wildman–Crippen MR) is 60.7 cm³/mol. The molecule has 5 heteroatoms. The van der Waals surface area contributed by atoms with E-state index >= 15 is 0 Å². The van der Waals surface area contributed by atoms with Crippen molar-refractivity contribution < 1.29 is 14.9 Å². The average molecular weight is 276 g/mol. The molecule has 2 unspecified atom stereocenters. The maximum absolute atomic E-state index is 9.73. The molecule has 0 spiro atoms. The van der Waals surface area contributed by atoms with E-state index in [1.807, 2.05) is 0 Å². The summed E-state index contributed by atoms with van der Waals surface area (Å²) in [5.41, 5.74) is 5.86. The standard InChI is InChI=1S/C10H14BrNO3/c1-15-6-2-3-7(8(11)4-6)10(14)9(13)5-12/h2-4,9-10,13-14H,5,12H2,1H3. The van der Waals surface area contributed by atoms with Crippen LogP contribution in [0.3, 0.4) is 0 Å². The molecular formula is C10H14BrNO3. The van der Waals surface area contributed by atoms with Crippen LogP contribution in [0.1, 0.15) is 11.7 Å². The number of hydrogen-bond acceptors (Lipinski definition) is 4. The highest BCUT2D eigenvalue weighted by Crippen LogP contribution is 2.29. The van der Waals surface area contributed by atoms with Crippen LogP contribution in [0.15, 0.2) is 22.7 Å². The quantitative estimate of drug-likeness (QED) is 0.760. The van der Waals surface area contributed by atoms with Crippen molar-refractivity contribution in [3.05, 3.63) is 28.2 Å². The maximum Gasteiger partial charge on any atom is 0.120 e. The first-order valence-corrected chi connectivity index (χ1v) is 5.29. The molecule has 4 nitrogen and oxygen atoms in total. The van der Waals surface area contributed by atoms with E-state index < -0.39 is 12.2 Å². The van der Waals surface area contributed by atoms with Gasteiger partial charge in [-0.2, -0.15) is 0 Å². The van der Waals surface area contributed by atoms with Crippen LogP contribution in [0.25, 0.3) is 0 Å². The number of ether oxygens (including phenoxy) is 1. The third-order valence-electron chi connectivity index (χ3n) is 2.13. The van der Waals surface area contributed by atoms with Crippen molar-refractivity contribution in [1.82, 2.24) is 0 Å². The van der Waals surface area contributed by atoms with E-state index in [1.54, 1.807) is 25.3 Å². The Morgan fingerprint density at radius 2 is 2.13 bits per heavy atom. The third-order valence-corrected chi connectivity index (χ3v) is 2.82. The predicted octanol–water partition coefficient (Wildman–Crippen LogP) is 0.811. The lowest BCUT2D eigenvalue weighted by Gasteiger charge is -2.18. The van der Waals surface area contributed by atoms with E-state index in [2.05, 4.69) is 15.9 Å². The smallest absolute Gasteiger partial charge is 0.120 e. The van der Waals surface area contributed by atoms with E-state index in [4.69, 9.17) is 10.5 Å². The largest absolute Gasteiger partial charge is 0.497 e. The number of aliphatic hydroxyl groups excluding tert-OH is 2. The van der Waals surface area contributed by atoms with Gasteiger partial charge in [-0.25, -0.2) is 0 Å². The summed E-state index contributed by atoms with van der Waals surface area (Å²) in [6, 6.07) is 5.13. The number of halogens is 1. The van der Waals surface area contributed by atoms with Crippen molar-refractivity contribution in [2.45, 2.75) is 12.2 Å². The fourth-order valence-electron chi connectivity index (χ4n) is 1.21. The van der Waals surface area contributed by atoms with Crippen molar-refractivity contribution >= 4 is 15.9 Å². The Labute approximate surface area is 96.8 Å². The van der Waals surface area contributed by atoms with Crippen LogP contribution in [0.2, 0.25) is 0 Å². The minimum absolute atomic E-state index is 0.0135. The second-order valence-electron chi connectivity index (χ2n) is 3.14. The highest BCUT2D eigenvalue weighted by atomic mass is 79.9. The fraction of sp³-hybridized carbons (Fsp3) is 0.400. The summed E-state index contributed by atoms with van der Waals surface area (Å²) in [5.74, 6) is 0.681.